The van der Waals surface area contributed by atoms with E-state index in [1.807, 2.05) is 12.1 Å². The van der Waals surface area contributed by atoms with E-state index >= 15 is 0 Å². The van der Waals surface area contributed by atoms with Gasteiger partial charge in [-0.25, -0.2) is 0 Å². The lowest BCUT2D eigenvalue weighted by Gasteiger charge is -2.31. The predicted octanol–water partition coefficient (Wildman–Crippen LogP) is 2.53. The van der Waals surface area contributed by atoms with Crippen LogP contribution in [0.5, 0.6) is 5.75 Å². The van der Waals surface area contributed by atoms with Crippen molar-refractivity contribution in [2.24, 2.45) is 10.9 Å². The predicted molar refractivity (Wildman–Crippen MR) is 114 cm³/mol. The first-order chi connectivity index (χ1) is 14.8. The molecule has 0 fully saturated rings. The minimum Gasteiger partial charge on any atom is -0.546 e. The van der Waals surface area contributed by atoms with Crippen molar-refractivity contribution in [2.45, 2.75) is 12.8 Å². The van der Waals surface area contributed by atoms with Crippen LogP contribution in [0.4, 0.5) is 0 Å². The zero-order valence-electron chi connectivity index (χ0n) is 16.7. The number of carbonyl (C=O) groups excluding carboxylic acids is 3. The second-order valence-electron chi connectivity index (χ2n) is 7.21. The Morgan fingerprint density at radius 2 is 1.87 bits per heavy atom. The Kier molecular flexibility index (Phi) is 5.49. The van der Waals surface area contributed by atoms with Crippen LogP contribution >= 0.6 is 15.9 Å². The number of fused-ring (bicyclic) bond motifs is 2. The quantitative estimate of drug-likeness (QED) is 0.606. The van der Waals surface area contributed by atoms with E-state index in [0.29, 0.717) is 38.1 Å². The third-order valence-corrected chi connectivity index (χ3v) is 5.91. The minimum atomic E-state index is -1.39. The summed E-state index contributed by atoms with van der Waals surface area (Å²) < 4.78 is 11.2. The second-order valence-corrected chi connectivity index (χ2v) is 8.13. The molecule has 0 saturated carbocycles. The lowest BCUT2D eigenvalue weighted by atomic mass is 9.75. The fourth-order valence-corrected chi connectivity index (χ4v) is 4.53. The fourth-order valence-electron chi connectivity index (χ4n) is 4.15. The van der Waals surface area contributed by atoms with Crippen LogP contribution in [0, 0.1) is 5.92 Å². The Bertz CT molecular complexity index is 1180. The van der Waals surface area contributed by atoms with Crippen molar-refractivity contribution in [2.75, 3.05) is 13.7 Å². The molecule has 7 nitrogen and oxygen atoms in total. The molecule has 0 spiro atoms. The van der Waals surface area contributed by atoms with E-state index in [1.165, 1.54) is 7.11 Å². The van der Waals surface area contributed by atoms with Crippen LogP contribution in [0.25, 0.3) is 5.70 Å². The second kappa shape index (κ2) is 8.11. The summed E-state index contributed by atoms with van der Waals surface area (Å²) in [6.07, 6.45) is 0. The molecule has 2 unspecified atom stereocenters. The maximum Gasteiger partial charge on any atom is 0.315 e. The number of carboxylic acids is 1. The third-order valence-electron chi connectivity index (χ3n) is 5.42. The van der Waals surface area contributed by atoms with Gasteiger partial charge < -0.3 is 19.4 Å². The van der Waals surface area contributed by atoms with Crippen molar-refractivity contribution >= 4 is 45.1 Å². The van der Waals surface area contributed by atoms with E-state index in [-0.39, 0.29) is 11.5 Å². The lowest BCUT2D eigenvalue weighted by molar-refractivity contribution is -0.307. The van der Waals surface area contributed by atoms with Gasteiger partial charge in [0, 0.05) is 38.4 Å². The molecule has 0 bridgehead atoms. The van der Waals surface area contributed by atoms with Gasteiger partial charge in [-0.2, -0.15) is 0 Å². The number of rotatable bonds is 5. The van der Waals surface area contributed by atoms with Crippen LogP contribution in [0.15, 0.2) is 57.5 Å². The first kappa shape index (κ1) is 21.0. The molecule has 1 aliphatic carbocycles. The maximum atomic E-state index is 13.4. The van der Waals surface area contributed by atoms with Gasteiger partial charge in [-0.15, -0.1) is 0 Å². The van der Waals surface area contributed by atoms with Crippen molar-refractivity contribution in [1.29, 1.82) is 0 Å². The van der Waals surface area contributed by atoms with E-state index < -0.39 is 30.4 Å². The third kappa shape index (κ3) is 3.57. The van der Waals surface area contributed by atoms with Crippen molar-refractivity contribution in [3.8, 4) is 5.75 Å². The minimum absolute atomic E-state index is 0.230. The largest absolute Gasteiger partial charge is 0.546 e. The number of Topliss-reactive ketones (excluding diaryl/α,β-unsaturated/α-hetero) is 1. The van der Waals surface area contributed by atoms with Gasteiger partial charge >= 0.3 is 5.97 Å². The van der Waals surface area contributed by atoms with Gasteiger partial charge in [0.2, 0.25) is 0 Å². The summed E-state index contributed by atoms with van der Waals surface area (Å²) in [6, 6.07) is 12.1. The van der Waals surface area contributed by atoms with Crippen LogP contribution in [0.2, 0.25) is 0 Å². The fraction of sp³-hybridized carbons (Fsp3) is 0.217. The van der Waals surface area contributed by atoms with Crippen molar-refractivity contribution < 1.29 is 29.0 Å². The SMILES string of the molecule is COC(=O)C1C(C)=NC2=C(C(=O)c3ccccc32)C1c1cc(Br)ccc1OCC(=O)[O-]. The molecule has 4 rings (SSSR count). The first-order valence-electron chi connectivity index (χ1n) is 9.46. The number of aliphatic imine (C=N–C) groups is 1. The van der Waals surface area contributed by atoms with Gasteiger partial charge in [-0.1, -0.05) is 40.2 Å². The van der Waals surface area contributed by atoms with Gasteiger partial charge in [0.05, 0.1) is 18.8 Å². The van der Waals surface area contributed by atoms with Crippen molar-refractivity contribution in [3.63, 3.8) is 0 Å². The van der Waals surface area contributed by atoms with Crippen LogP contribution in [-0.4, -0.2) is 37.2 Å². The van der Waals surface area contributed by atoms with Crippen LogP contribution in [-0.2, 0) is 14.3 Å². The Morgan fingerprint density at radius 1 is 1.16 bits per heavy atom. The molecule has 2 aliphatic rings. The summed E-state index contributed by atoms with van der Waals surface area (Å²) >= 11 is 3.42. The van der Waals surface area contributed by atoms with E-state index in [4.69, 9.17) is 9.47 Å². The normalized spacial score (nSPS) is 19.5. The van der Waals surface area contributed by atoms with Gasteiger partial charge in [0.1, 0.15) is 18.3 Å². The molecule has 2 aromatic carbocycles. The molecule has 1 heterocycles. The molecular weight excluding hydrogens is 466 g/mol. The average molecular weight is 483 g/mol. The maximum absolute atomic E-state index is 13.4. The summed E-state index contributed by atoms with van der Waals surface area (Å²) in [7, 11) is 1.27. The van der Waals surface area contributed by atoms with Gasteiger partial charge in [-0.05, 0) is 25.1 Å². The summed E-state index contributed by atoms with van der Waals surface area (Å²) in [5, 5.41) is 11.0. The van der Waals surface area contributed by atoms with E-state index in [2.05, 4.69) is 20.9 Å². The number of ketones is 1. The standard InChI is InChI=1S/C23H18BrNO6/c1-11-18(23(29)30-2)19(15-9-12(24)7-8-16(15)31-10-17(26)27)20-21(25-11)13-5-3-4-6-14(13)22(20)28/h3-9,18-19H,10H2,1-2H3,(H,26,27)/p-1. The smallest absolute Gasteiger partial charge is 0.315 e. The monoisotopic (exact) mass is 482 g/mol. The zero-order chi connectivity index (χ0) is 22.3. The number of hydrogen-bond donors (Lipinski definition) is 0. The van der Waals surface area contributed by atoms with Gasteiger partial charge in [0.15, 0.2) is 5.78 Å². The van der Waals surface area contributed by atoms with E-state index in [0.717, 1.165) is 0 Å². The van der Waals surface area contributed by atoms with Crippen molar-refractivity contribution in [1.82, 2.24) is 0 Å². The molecule has 0 saturated heterocycles. The van der Waals surface area contributed by atoms with Crippen LogP contribution < -0.4 is 9.84 Å². The van der Waals surface area contributed by atoms with E-state index in [9.17, 15) is 19.5 Å². The summed E-state index contributed by atoms with van der Waals surface area (Å²) in [5.74, 6) is -3.57. The molecule has 158 valence electrons. The molecule has 8 heteroatoms. The molecule has 2 aromatic rings. The average Bonchev–Trinajstić information content (AvgIpc) is 3.03. The topological polar surface area (TPSA) is 105 Å². The zero-order valence-corrected chi connectivity index (χ0v) is 18.3. The Balaban J connectivity index is 1.95. The Hall–Kier alpha value is -3.26. The molecule has 31 heavy (non-hydrogen) atoms. The Labute approximate surface area is 186 Å². The number of aliphatic carboxylic acids is 1. The number of nitrogens with zero attached hydrogens (tertiary/aromatic N) is 1. The summed E-state index contributed by atoms with van der Waals surface area (Å²) in [6.45, 7) is 1.04. The number of esters is 1. The highest BCUT2D eigenvalue weighted by molar-refractivity contribution is 9.10. The molecule has 0 N–H and O–H groups in total. The number of ether oxygens (including phenoxy) is 2. The van der Waals surface area contributed by atoms with Gasteiger partial charge in [-0.3, -0.25) is 14.6 Å². The molecule has 0 aromatic heterocycles. The van der Waals surface area contributed by atoms with Gasteiger partial charge in [0.25, 0.3) is 0 Å². The number of hydrogen-bond acceptors (Lipinski definition) is 7. The van der Waals surface area contributed by atoms with E-state index in [1.54, 1.807) is 37.3 Å². The highest BCUT2D eigenvalue weighted by Crippen LogP contribution is 2.50. The van der Waals surface area contributed by atoms with Crippen LogP contribution in [0.3, 0.4) is 0 Å². The van der Waals surface area contributed by atoms with Crippen molar-refractivity contribution in [3.05, 3.63) is 69.2 Å². The highest BCUT2D eigenvalue weighted by atomic mass is 79.9. The lowest BCUT2D eigenvalue weighted by Crippen LogP contribution is -2.35. The number of allylic oxidation sites excluding steroid dienone is 1. The number of methoxy groups -OCH3 is 1. The molecule has 0 radical (unpaired) electrons. The molecule has 1 aliphatic heterocycles. The van der Waals surface area contributed by atoms with Crippen LogP contribution in [0.1, 0.15) is 34.3 Å². The highest BCUT2D eigenvalue weighted by Gasteiger charge is 2.46. The summed E-state index contributed by atoms with van der Waals surface area (Å²) in [4.78, 5) is 41.8. The summed E-state index contributed by atoms with van der Waals surface area (Å²) in [5.41, 5.74) is 3.04. The Morgan fingerprint density at radius 3 is 2.55 bits per heavy atom. The molecule has 2 atom stereocenters. The number of halogens is 1. The number of carbonyl (C=O) groups is 3. The molecular formula is C23H17BrNO6-. The first-order valence-corrected chi connectivity index (χ1v) is 10.3. The number of benzene rings is 2. The number of carboxylic acid groups (broad SMARTS) is 1. The molecule has 0 amide bonds.